The van der Waals surface area contributed by atoms with E-state index in [9.17, 15) is 18.0 Å². The summed E-state index contributed by atoms with van der Waals surface area (Å²) in [6.07, 6.45) is -4.89. The number of nitrogens with zero attached hydrogens (tertiary/aromatic N) is 1. The Labute approximate surface area is 102 Å². The monoisotopic (exact) mass is 262 g/mol. The Balaban J connectivity index is 2.85. The Morgan fingerprint density at radius 3 is 2.50 bits per heavy atom. The van der Waals surface area contributed by atoms with Gasteiger partial charge in [0.25, 0.3) is 0 Å². The normalized spacial score (nSPS) is 15.2. The van der Waals surface area contributed by atoms with Gasteiger partial charge in [-0.3, -0.25) is 10.3 Å². The minimum atomic E-state index is -4.89. The van der Waals surface area contributed by atoms with Crippen LogP contribution in [0.4, 0.5) is 13.2 Å². The molecule has 1 aromatic rings. The molecule has 1 heterocycles. The number of aliphatic carboxylic acids is 1. The zero-order valence-electron chi connectivity index (χ0n) is 9.88. The van der Waals surface area contributed by atoms with E-state index in [-0.39, 0.29) is 6.54 Å². The van der Waals surface area contributed by atoms with Crippen molar-refractivity contribution in [2.24, 2.45) is 0 Å². The number of carboxylic acids is 1. The summed E-state index contributed by atoms with van der Waals surface area (Å²) < 4.78 is 38.0. The topological polar surface area (TPSA) is 62.2 Å². The number of carboxylic acid groups (broad SMARTS) is 1. The van der Waals surface area contributed by atoms with Crippen molar-refractivity contribution in [2.45, 2.75) is 32.1 Å². The Morgan fingerprint density at radius 1 is 1.44 bits per heavy atom. The van der Waals surface area contributed by atoms with E-state index < -0.39 is 17.7 Å². The number of halogens is 3. The highest BCUT2D eigenvalue weighted by atomic mass is 19.4. The zero-order chi connectivity index (χ0) is 14.0. The SMILES string of the molecule is Cc1cccc(CNC(C)(C(=O)O)C(F)(F)F)n1. The van der Waals surface area contributed by atoms with Gasteiger partial charge in [0.1, 0.15) is 0 Å². The molecule has 100 valence electrons. The highest BCUT2D eigenvalue weighted by Gasteiger charge is 2.57. The molecule has 4 nitrogen and oxygen atoms in total. The van der Waals surface area contributed by atoms with Gasteiger partial charge < -0.3 is 5.11 Å². The maximum Gasteiger partial charge on any atom is 0.417 e. The van der Waals surface area contributed by atoms with E-state index >= 15 is 0 Å². The molecule has 1 rings (SSSR count). The molecule has 0 aliphatic carbocycles. The second-order valence-corrected chi connectivity index (χ2v) is 4.05. The number of alkyl halides is 3. The van der Waals surface area contributed by atoms with Gasteiger partial charge in [-0.1, -0.05) is 6.07 Å². The number of aromatic nitrogens is 1. The fourth-order valence-electron chi connectivity index (χ4n) is 1.26. The maximum atomic E-state index is 12.7. The van der Waals surface area contributed by atoms with Crippen molar-refractivity contribution in [1.29, 1.82) is 0 Å². The van der Waals surface area contributed by atoms with Crippen molar-refractivity contribution in [3.8, 4) is 0 Å². The molecular weight excluding hydrogens is 249 g/mol. The van der Waals surface area contributed by atoms with Crippen LogP contribution in [0.15, 0.2) is 18.2 Å². The summed E-state index contributed by atoms with van der Waals surface area (Å²) in [5.74, 6) is -1.97. The summed E-state index contributed by atoms with van der Waals surface area (Å²) in [6.45, 7) is 2.01. The van der Waals surface area contributed by atoms with Gasteiger partial charge in [0.15, 0.2) is 0 Å². The van der Waals surface area contributed by atoms with Crippen LogP contribution in [0.25, 0.3) is 0 Å². The van der Waals surface area contributed by atoms with Crippen LogP contribution in [0.3, 0.4) is 0 Å². The number of pyridine rings is 1. The molecule has 0 spiro atoms. The van der Waals surface area contributed by atoms with Crippen molar-refractivity contribution in [3.05, 3.63) is 29.6 Å². The minimum Gasteiger partial charge on any atom is -0.480 e. The number of hydrogen-bond donors (Lipinski definition) is 2. The molecule has 0 bridgehead atoms. The van der Waals surface area contributed by atoms with Gasteiger partial charge in [0, 0.05) is 12.2 Å². The third-order valence-corrected chi connectivity index (χ3v) is 2.56. The number of rotatable bonds is 4. The van der Waals surface area contributed by atoms with Gasteiger partial charge in [-0.25, -0.2) is 4.79 Å². The van der Waals surface area contributed by atoms with E-state index in [1.54, 1.807) is 19.1 Å². The first kappa shape index (κ1) is 14.4. The molecule has 0 fully saturated rings. The molecule has 7 heteroatoms. The van der Waals surface area contributed by atoms with Crippen molar-refractivity contribution in [2.75, 3.05) is 0 Å². The van der Waals surface area contributed by atoms with Crippen molar-refractivity contribution in [1.82, 2.24) is 10.3 Å². The van der Waals surface area contributed by atoms with E-state index in [0.717, 1.165) is 0 Å². The maximum absolute atomic E-state index is 12.7. The van der Waals surface area contributed by atoms with Crippen LogP contribution in [0, 0.1) is 6.92 Å². The highest BCUT2D eigenvalue weighted by Crippen LogP contribution is 2.30. The van der Waals surface area contributed by atoms with Gasteiger partial charge in [0.05, 0.1) is 5.69 Å². The summed E-state index contributed by atoms with van der Waals surface area (Å²) >= 11 is 0. The van der Waals surface area contributed by atoms with Crippen LogP contribution in [0.5, 0.6) is 0 Å². The van der Waals surface area contributed by atoms with Crippen molar-refractivity contribution < 1.29 is 23.1 Å². The minimum absolute atomic E-state index is 0.274. The Kier molecular flexibility index (Phi) is 3.95. The third kappa shape index (κ3) is 2.98. The van der Waals surface area contributed by atoms with Gasteiger partial charge in [0.2, 0.25) is 5.54 Å². The van der Waals surface area contributed by atoms with Gasteiger partial charge in [-0.2, -0.15) is 13.2 Å². The second-order valence-electron chi connectivity index (χ2n) is 4.05. The lowest BCUT2D eigenvalue weighted by Crippen LogP contribution is -2.59. The Bertz CT molecular complexity index is 448. The fourth-order valence-corrected chi connectivity index (χ4v) is 1.26. The molecule has 0 radical (unpaired) electrons. The number of carbonyl (C=O) groups is 1. The van der Waals surface area contributed by atoms with E-state index in [2.05, 4.69) is 4.98 Å². The molecule has 2 N–H and O–H groups in total. The largest absolute Gasteiger partial charge is 0.480 e. The zero-order valence-corrected chi connectivity index (χ0v) is 9.88. The standard InChI is InChI=1S/C11H13F3N2O2/c1-7-4-3-5-8(16-7)6-15-10(2,9(17)18)11(12,13)14/h3-5,15H,6H2,1-2H3,(H,17,18). The van der Waals surface area contributed by atoms with E-state index in [1.165, 1.54) is 6.07 Å². The first-order chi connectivity index (χ1) is 8.17. The predicted octanol–water partition coefficient (Wildman–Crippen LogP) is 1.89. The van der Waals surface area contributed by atoms with E-state index in [1.807, 2.05) is 5.32 Å². The lowest BCUT2D eigenvalue weighted by Gasteiger charge is -2.28. The quantitative estimate of drug-likeness (QED) is 0.869. The van der Waals surface area contributed by atoms with Crippen LogP contribution < -0.4 is 5.32 Å². The van der Waals surface area contributed by atoms with Crippen LogP contribution in [0.1, 0.15) is 18.3 Å². The average Bonchev–Trinajstić information content (AvgIpc) is 2.24. The lowest BCUT2D eigenvalue weighted by atomic mass is 10.0. The van der Waals surface area contributed by atoms with Crippen LogP contribution in [-0.4, -0.2) is 27.8 Å². The van der Waals surface area contributed by atoms with E-state index in [0.29, 0.717) is 18.3 Å². The van der Waals surface area contributed by atoms with Gasteiger partial charge in [-0.15, -0.1) is 0 Å². The lowest BCUT2D eigenvalue weighted by molar-refractivity contribution is -0.206. The van der Waals surface area contributed by atoms with Gasteiger partial charge in [-0.05, 0) is 26.0 Å². The van der Waals surface area contributed by atoms with Crippen LogP contribution >= 0.6 is 0 Å². The molecule has 1 aromatic heterocycles. The number of aryl methyl sites for hydroxylation is 1. The third-order valence-electron chi connectivity index (χ3n) is 2.56. The van der Waals surface area contributed by atoms with Crippen LogP contribution in [0.2, 0.25) is 0 Å². The molecular formula is C11H13F3N2O2. The molecule has 0 aromatic carbocycles. The fraction of sp³-hybridized carbons (Fsp3) is 0.455. The molecule has 18 heavy (non-hydrogen) atoms. The summed E-state index contributed by atoms with van der Waals surface area (Å²) in [5.41, 5.74) is -1.98. The molecule has 0 saturated heterocycles. The summed E-state index contributed by atoms with van der Waals surface area (Å²) in [6, 6.07) is 4.87. The van der Waals surface area contributed by atoms with Crippen LogP contribution in [-0.2, 0) is 11.3 Å². The predicted molar refractivity (Wildman–Crippen MR) is 57.9 cm³/mol. The molecule has 0 saturated carbocycles. The average molecular weight is 262 g/mol. The molecule has 1 atom stereocenters. The molecule has 0 aliphatic rings. The Hall–Kier alpha value is -1.63. The first-order valence-electron chi connectivity index (χ1n) is 5.14. The van der Waals surface area contributed by atoms with Crippen molar-refractivity contribution >= 4 is 5.97 Å². The number of hydrogen-bond acceptors (Lipinski definition) is 3. The second kappa shape index (κ2) is 4.93. The molecule has 1 unspecified atom stereocenters. The van der Waals surface area contributed by atoms with Crippen molar-refractivity contribution in [3.63, 3.8) is 0 Å². The molecule has 0 amide bonds. The smallest absolute Gasteiger partial charge is 0.417 e. The number of nitrogens with one attached hydrogen (secondary N) is 1. The first-order valence-corrected chi connectivity index (χ1v) is 5.14. The van der Waals surface area contributed by atoms with Gasteiger partial charge >= 0.3 is 12.1 Å². The summed E-state index contributed by atoms with van der Waals surface area (Å²) in [4.78, 5) is 14.7. The Morgan fingerprint density at radius 2 is 2.06 bits per heavy atom. The van der Waals surface area contributed by atoms with E-state index in [4.69, 9.17) is 5.11 Å². The molecule has 0 aliphatic heterocycles. The summed E-state index contributed by atoms with van der Waals surface area (Å²) in [7, 11) is 0. The highest BCUT2D eigenvalue weighted by molar-refractivity contribution is 5.79. The summed E-state index contributed by atoms with van der Waals surface area (Å²) in [5, 5.41) is 10.7.